The monoisotopic (exact) mass is 267 g/mol. The summed E-state index contributed by atoms with van der Waals surface area (Å²) in [6, 6.07) is 0. The van der Waals surface area contributed by atoms with Crippen LogP contribution in [0.5, 0.6) is 0 Å². The summed E-state index contributed by atoms with van der Waals surface area (Å²) in [6.45, 7) is 16.8. The van der Waals surface area contributed by atoms with Crippen molar-refractivity contribution in [3.8, 4) is 0 Å². The third-order valence-electron chi connectivity index (χ3n) is 3.10. The van der Waals surface area contributed by atoms with Gasteiger partial charge in [-0.25, -0.2) is 0 Å². The van der Waals surface area contributed by atoms with Crippen molar-refractivity contribution < 1.29 is 0 Å². The van der Waals surface area contributed by atoms with Crippen LogP contribution in [0.15, 0.2) is 22.9 Å². The van der Waals surface area contributed by atoms with E-state index in [1.807, 2.05) is 0 Å². The molecule has 0 aliphatic heterocycles. The van der Waals surface area contributed by atoms with Gasteiger partial charge < -0.3 is 4.65 Å². The molecule has 0 saturated heterocycles. The Labute approximate surface area is 110 Å². The number of allylic oxidation sites excluding steroid dienone is 4. The molecule has 3 heteroatoms. The fourth-order valence-corrected chi connectivity index (χ4v) is 12.6. The molecule has 0 aromatic carbocycles. The molecule has 17 heavy (non-hydrogen) atoms. The van der Waals surface area contributed by atoms with Crippen LogP contribution in [0.2, 0.25) is 32.7 Å². The van der Waals surface area contributed by atoms with Gasteiger partial charge >= 0.3 is 0 Å². The molecule has 0 heterocycles. The van der Waals surface area contributed by atoms with Crippen LogP contribution in [0.4, 0.5) is 0 Å². The fourth-order valence-electron chi connectivity index (χ4n) is 2.85. The van der Waals surface area contributed by atoms with Gasteiger partial charge in [-0.2, -0.15) is 0 Å². The van der Waals surface area contributed by atoms with E-state index < -0.39 is 16.5 Å². The van der Waals surface area contributed by atoms with E-state index in [1.165, 1.54) is 12.8 Å². The Morgan fingerprint density at radius 3 is 2.24 bits per heavy atom. The Morgan fingerprint density at radius 2 is 1.76 bits per heavy atom. The van der Waals surface area contributed by atoms with Crippen LogP contribution in [-0.2, 0) is 0 Å². The van der Waals surface area contributed by atoms with Gasteiger partial charge in [0.1, 0.15) is 16.5 Å². The largest absolute Gasteiger partial charge is 0.356 e. The molecule has 0 unspecified atom stereocenters. The summed E-state index contributed by atoms with van der Waals surface area (Å²) in [6.07, 6.45) is 7.16. The van der Waals surface area contributed by atoms with E-state index in [-0.39, 0.29) is 0 Å². The number of rotatable bonds is 5. The zero-order chi connectivity index (χ0) is 13.3. The quantitative estimate of drug-likeness (QED) is 0.725. The van der Waals surface area contributed by atoms with Gasteiger partial charge in [-0.15, -0.1) is 0 Å². The zero-order valence-electron chi connectivity index (χ0n) is 12.6. The van der Waals surface area contributed by atoms with Crippen molar-refractivity contribution in [2.45, 2.75) is 59.4 Å². The van der Waals surface area contributed by atoms with E-state index in [0.717, 1.165) is 5.92 Å². The van der Waals surface area contributed by atoms with Crippen LogP contribution >= 0.6 is 0 Å². The minimum atomic E-state index is -1.41. The Hall–Kier alpha value is -0.126. The summed E-state index contributed by atoms with van der Waals surface area (Å²) in [4.78, 5) is 0. The topological polar surface area (TPSA) is 12.0 Å². The molecular weight excluding hydrogens is 238 g/mol. The lowest BCUT2D eigenvalue weighted by atomic mass is 10.0. The molecule has 0 atom stereocenters. The molecular formula is C14H29NSi2. The zero-order valence-corrected chi connectivity index (χ0v) is 14.6. The smallest absolute Gasteiger partial charge is 0.141 e. The highest BCUT2D eigenvalue weighted by molar-refractivity contribution is 6.94. The van der Waals surface area contributed by atoms with Gasteiger partial charge in [-0.05, 0) is 18.8 Å². The first-order valence-corrected chi connectivity index (χ1v) is 13.3. The molecule has 0 bridgehead atoms. The highest BCUT2D eigenvalue weighted by atomic mass is 28.4. The molecule has 0 aromatic heterocycles. The van der Waals surface area contributed by atoms with Gasteiger partial charge in [-0.1, -0.05) is 69.5 Å². The molecule has 1 aliphatic rings. The van der Waals surface area contributed by atoms with Gasteiger partial charge in [0, 0.05) is 0 Å². The fraction of sp³-hybridized carbons (Fsp3) is 0.714. The normalized spacial score (nSPS) is 17.4. The molecule has 1 aliphatic carbocycles. The SMILES string of the molecule is CC(C)CC1=C([Si](C)(C)N[Si](C)(C)C)CC=C1. The van der Waals surface area contributed by atoms with Crippen LogP contribution in [-0.4, -0.2) is 16.5 Å². The van der Waals surface area contributed by atoms with Crippen molar-refractivity contribution in [1.29, 1.82) is 0 Å². The van der Waals surface area contributed by atoms with Gasteiger partial charge in [0.25, 0.3) is 0 Å². The Balaban J connectivity index is 2.90. The summed E-state index contributed by atoms with van der Waals surface area (Å²) in [5.41, 5.74) is 1.63. The molecule has 0 aromatic rings. The molecule has 1 nitrogen and oxygen atoms in total. The number of nitrogens with one attached hydrogen (secondary N) is 1. The second kappa shape index (κ2) is 5.25. The molecule has 98 valence electrons. The highest BCUT2D eigenvalue weighted by Gasteiger charge is 2.33. The van der Waals surface area contributed by atoms with E-state index in [1.54, 1.807) is 10.8 Å². The van der Waals surface area contributed by atoms with Crippen molar-refractivity contribution in [2.75, 3.05) is 0 Å². The maximum Gasteiger partial charge on any atom is 0.141 e. The molecule has 0 radical (unpaired) electrons. The molecule has 0 saturated carbocycles. The van der Waals surface area contributed by atoms with E-state index >= 15 is 0 Å². The second-order valence-corrected chi connectivity index (χ2v) is 16.6. The van der Waals surface area contributed by atoms with E-state index in [9.17, 15) is 0 Å². The lowest BCUT2D eigenvalue weighted by molar-refractivity contribution is 0.649. The Bertz CT molecular complexity index is 333. The minimum Gasteiger partial charge on any atom is -0.356 e. The van der Waals surface area contributed by atoms with E-state index in [2.05, 4.69) is 63.4 Å². The van der Waals surface area contributed by atoms with Crippen molar-refractivity contribution in [1.82, 2.24) is 4.65 Å². The third-order valence-corrected chi connectivity index (χ3v) is 10.6. The predicted octanol–water partition coefficient (Wildman–Crippen LogP) is 4.46. The first-order valence-electron chi connectivity index (χ1n) is 6.80. The standard InChI is InChI=1S/C14H29NSi2/c1-12(2)11-13-9-8-10-14(13)17(6,7)15-16(3,4)5/h8-9,12,15H,10-11H2,1-7H3. The van der Waals surface area contributed by atoms with Crippen molar-refractivity contribution in [3.05, 3.63) is 22.9 Å². The summed E-state index contributed by atoms with van der Waals surface area (Å²) < 4.78 is 4.02. The van der Waals surface area contributed by atoms with Gasteiger partial charge in [0.2, 0.25) is 0 Å². The molecule has 1 rings (SSSR count). The third kappa shape index (κ3) is 4.56. The maximum atomic E-state index is 4.02. The number of hydrogen-bond donors (Lipinski definition) is 1. The molecule has 0 amide bonds. The van der Waals surface area contributed by atoms with Crippen LogP contribution in [0, 0.1) is 5.92 Å². The molecule has 0 fully saturated rings. The molecule has 1 N–H and O–H groups in total. The average molecular weight is 268 g/mol. The van der Waals surface area contributed by atoms with Crippen molar-refractivity contribution in [3.63, 3.8) is 0 Å². The van der Waals surface area contributed by atoms with Crippen LogP contribution in [0.3, 0.4) is 0 Å². The Morgan fingerprint density at radius 1 is 1.18 bits per heavy atom. The van der Waals surface area contributed by atoms with Crippen LogP contribution < -0.4 is 4.65 Å². The summed E-state index contributed by atoms with van der Waals surface area (Å²) >= 11 is 0. The average Bonchev–Trinajstić information content (AvgIpc) is 2.46. The minimum absolute atomic E-state index is 0.763. The van der Waals surface area contributed by atoms with Crippen molar-refractivity contribution >= 4 is 16.5 Å². The van der Waals surface area contributed by atoms with Gasteiger partial charge in [0.05, 0.1) is 0 Å². The van der Waals surface area contributed by atoms with Crippen LogP contribution in [0.1, 0.15) is 26.7 Å². The summed E-state index contributed by atoms with van der Waals surface area (Å²) in [5.74, 6) is 0.763. The number of hydrogen-bond acceptors (Lipinski definition) is 1. The summed E-state index contributed by atoms with van der Waals surface area (Å²) in [5, 5.41) is 1.74. The van der Waals surface area contributed by atoms with Crippen molar-refractivity contribution in [2.24, 2.45) is 5.92 Å². The lowest BCUT2D eigenvalue weighted by Gasteiger charge is -2.34. The highest BCUT2D eigenvalue weighted by Crippen LogP contribution is 2.31. The first kappa shape index (κ1) is 14.9. The van der Waals surface area contributed by atoms with Gasteiger partial charge in [-0.3, -0.25) is 0 Å². The van der Waals surface area contributed by atoms with Crippen LogP contribution in [0.25, 0.3) is 0 Å². The first-order chi connectivity index (χ1) is 7.62. The van der Waals surface area contributed by atoms with E-state index in [0.29, 0.717) is 0 Å². The maximum absolute atomic E-state index is 4.02. The van der Waals surface area contributed by atoms with E-state index in [4.69, 9.17) is 0 Å². The predicted molar refractivity (Wildman–Crippen MR) is 84.2 cm³/mol. The Kier molecular flexibility index (Phi) is 4.61. The van der Waals surface area contributed by atoms with Gasteiger partial charge in [0.15, 0.2) is 0 Å². The second-order valence-electron chi connectivity index (χ2n) is 7.21. The molecule has 0 spiro atoms. The lowest BCUT2D eigenvalue weighted by Crippen LogP contribution is -2.58. The summed E-state index contributed by atoms with van der Waals surface area (Å²) in [7, 11) is -2.59.